The minimum absolute atomic E-state index is 0.00977. The maximum atomic E-state index is 11.4. The first-order chi connectivity index (χ1) is 7.72. The zero-order valence-electron chi connectivity index (χ0n) is 9.69. The molecule has 0 radical (unpaired) electrons. The standard InChI is InChI=1S/C10H18N4O2/c1-3-4-8(2)13-10(15)6-11-5-9-12-7-16-14-9/h7-8,11H,3-6H2,1-2H3,(H,13,15). The Morgan fingerprint density at radius 2 is 2.44 bits per heavy atom. The van der Waals surface area contributed by atoms with Gasteiger partial charge in [0.2, 0.25) is 12.3 Å². The number of aromatic nitrogens is 2. The van der Waals surface area contributed by atoms with Crippen LogP contribution in [0.1, 0.15) is 32.5 Å². The number of carbonyl (C=O) groups is 1. The van der Waals surface area contributed by atoms with Crippen LogP contribution in [0.25, 0.3) is 0 Å². The van der Waals surface area contributed by atoms with Crippen LogP contribution in [0.5, 0.6) is 0 Å². The Bertz CT molecular complexity index is 300. The number of amides is 1. The summed E-state index contributed by atoms with van der Waals surface area (Å²) in [5, 5.41) is 9.46. The highest BCUT2D eigenvalue weighted by molar-refractivity contribution is 5.78. The number of hydrogen-bond donors (Lipinski definition) is 2. The molecule has 0 aliphatic rings. The molecule has 0 aliphatic heterocycles. The number of nitrogens with zero attached hydrogens (tertiary/aromatic N) is 2. The summed E-state index contributed by atoms with van der Waals surface area (Å²) in [5.41, 5.74) is 0. The van der Waals surface area contributed by atoms with E-state index in [1.165, 1.54) is 6.39 Å². The van der Waals surface area contributed by atoms with Crippen LogP contribution in [0.3, 0.4) is 0 Å². The molecule has 6 nitrogen and oxygen atoms in total. The predicted octanol–water partition coefficient (Wildman–Crippen LogP) is 0.464. The van der Waals surface area contributed by atoms with Crippen LogP contribution in [0, 0.1) is 0 Å². The van der Waals surface area contributed by atoms with Crippen molar-refractivity contribution in [1.29, 1.82) is 0 Å². The van der Waals surface area contributed by atoms with Crippen molar-refractivity contribution in [2.24, 2.45) is 0 Å². The summed E-state index contributed by atoms with van der Waals surface area (Å²) in [6.07, 6.45) is 3.33. The molecule has 1 amide bonds. The Hall–Kier alpha value is -1.43. The Labute approximate surface area is 94.8 Å². The summed E-state index contributed by atoms with van der Waals surface area (Å²) in [4.78, 5) is 15.3. The van der Waals surface area contributed by atoms with Gasteiger partial charge in [-0.1, -0.05) is 18.5 Å². The van der Waals surface area contributed by atoms with Gasteiger partial charge in [-0.3, -0.25) is 4.79 Å². The van der Waals surface area contributed by atoms with E-state index in [1.54, 1.807) is 0 Å². The van der Waals surface area contributed by atoms with Gasteiger partial charge in [0, 0.05) is 6.04 Å². The van der Waals surface area contributed by atoms with Crippen molar-refractivity contribution < 1.29 is 9.32 Å². The molecule has 1 rings (SSSR count). The van der Waals surface area contributed by atoms with Gasteiger partial charge in [-0.15, -0.1) is 0 Å². The Kier molecular flexibility index (Phi) is 5.49. The highest BCUT2D eigenvalue weighted by Crippen LogP contribution is 1.94. The fourth-order valence-electron chi connectivity index (χ4n) is 1.39. The molecule has 0 saturated heterocycles. The minimum atomic E-state index is -0.00977. The van der Waals surface area contributed by atoms with Crippen molar-refractivity contribution >= 4 is 5.91 Å². The van der Waals surface area contributed by atoms with Crippen molar-refractivity contribution in [3.8, 4) is 0 Å². The van der Waals surface area contributed by atoms with Crippen molar-refractivity contribution in [2.45, 2.75) is 39.3 Å². The van der Waals surface area contributed by atoms with Gasteiger partial charge in [0.25, 0.3) is 0 Å². The average Bonchev–Trinajstić information content (AvgIpc) is 2.70. The second-order valence-corrected chi connectivity index (χ2v) is 3.71. The average molecular weight is 226 g/mol. The summed E-state index contributed by atoms with van der Waals surface area (Å²) < 4.78 is 4.57. The van der Waals surface area contributed by atoms with E-state index in [4.69, 9.17) is 0 Å². The first kappa shape index (κ1) is 12.6. The lowest BCUT2D eigenvalue weighted by Crippen LogP contribution is -2.38. The molecular weight excluding hydrogens is 208 g/mol. The number of rotatable bonds is 7. The van der Waals surface area contributed by atoms with E-state index in [0.29, 0.717) is 12.4 Å². The lowest BCUT2D eigenvalue weighted by molar-refractivity contribution is -0.120. The van der Waals surface area contributed by atoms with Gasteiger partial charge in [-0.25, -0.2) is 0 Å². The van der Waals surface area contributed by atoms with Crippen LogP contribution >= 0.6 is 0 Å². The summed E-state index contributed by atoms with van der Waals surface area (Å²) in [6, 6.07) is 0.226. The van der Waals surface area contributed by atoms with Crippen LogP contribution in [0.15, 0.2) is 10.9 Å². The smallest absolute Gasteiger partial charge is 0.234 e. The molecule has 1 unspecified atom stereocenters. The summed E-state index contributed by atoms with van der Waals surface area (Å²) in [5.74, 6) is 0.541. The van der Waals surface area contributed by atoms with E-state index in [0.717, 1.165) is 12.8 Å². The third-order valence-corrected chi connectivity index (χ3v) is 2.10. The zero-order valence-corrected chi connectivity index (χ0v) is 9.69. The molecule has 0 bridgehead atoms. The first-order valence-corrected chi connectivity index (χ1v) is 5.47. The number of hydrogen-bond acceptors (Lipinski definition) is 5. The van der Waals surface area contributed by atoms with E-state index < -0.39 is 0 Å². The van der Waals surface area contributed by atoms with E-state index >= 15 is 0 Å². The predicted molar refractivity (Wildman–Crippen MR) is 58.5 cm³/mol. The summed E-state index contributed by atoms with van der Waals surface area (Å²) in [6.45, 7) is 4.80. The van der Waals surface area contributed by atoms with E-state index in [9.17, 15) is 4.79 Å². The summed E-state index contributed by atoms with van der Waals surface area (Å²) >= 11 is 0. The second kappa shape index (κ2) is 6.95. The highest BCUT2D eigenvalue weighted by Gasteiger charge is 2.06. The van der Waals surface area contributed by atoms with Gasteiger partial charge < -0.3 is 15.2 Å². The van der Waals surface area contributed by atoms with E-state index in [-0.39, 0.29) is 18.5 Å². The molecule has 2 N–H and O–H groups in total. The quantitative estimate of drug-likeness (QED) is 0.706. The topological polar surface area (TPSA) is 80.0 Å². The highest BCUT2D eigenvalue weighted by atomic mass is 16.5. The van der Waals surface area contributed by atoms with Gasteiger partial charge in [-0.05, 0) is 13.3 Å². The van der Waals surface area contributed by atoms with Crippen molar-refractivity contribution in [3.63, 3.8) is 0 Å². The lowest BCUT2D eigenvalue weighted by atomic mass is 10.2. The van der Waals surface area contributed by atoms with Crippen molar-refractivity contribution in [1.82, 2.24) is 20.8 Å². The molecule has 6 heteroatoms. The third-order valence-electron chi connectivity index (χ3n) is 2.10. The molecule has 1 aromatic heterocycles. The van der Waals surface area contributed by atoms with Crippen LogP contribution in [-0.2, 0) is 11.3 Å². The molecule has 0 fully saturated rings. The molecule has 0 aliphatic carbocycles. The molecule has 90 valence electrons. The summed E-state index contributed by atoms with van der Waals surface area (Å²) in [7, 11) is 0. The Morgan fingerprint density at radius 3 is 3.06 bits per heavy atom. The van der Waals surface area contributed by atoms with Gasteiger partial charge in [-0.2, -0.15) is 4.98 Å². The van der Waals surface area contributed by atoms with Crippen molar-refractivity contribution in [3.05, 3.63) is 12.2 Å². The first-order valence-electron chi connectivity index (χ1n) is 5.47. The Balaban J connectivity index is 2.10. The van der Waals surface area contributed by atoms with Crippen LogP contribution in [0.4, 0.5) is 0 Å². The van der Waals surface area contributed by atoms with Gasteiger partial charge in [0.05, 0.1) is 13.1 Å². The molecule has 0 aromatic carbocycles. The molecule has 1 heterocycles. The second-order valence-electron chi connectivity index (χ2n) is 3.71. The third kappa shape index (κ3) is 4.88. The maximum absolute atomic E-state index is 11.4. The van der Waals surface area contributed by atoms with Crippen LogP contribution in [-0.4, -0.2) is 28.6 Å². The van der Waals surface area contributed by atoms with Gasteiger partial charge in [0.15, 0.2) is 5.82 Å². The molecule has 1 atom stereocenters. The van der Waals surface area contributed by atoms with Crippen LogP contribution < -0.4 is 10.6 Å². The molecule has 0 spiro atoms. The molecular formula is C10H18N4O2. The zero-order chi connectivity index (χ0) is 11.8. The lowest BCUT2D eigenvalue weighted by Gasteiger charge is -2.12. The molecule has 16 heavy (non-hydrogen) atoms. The van der Waals surface area contributed by atoms with E-state index in [1.807, 2.05) is 6.92 Å². The van der Waals surface area contributed by atoms with Crippen molar-refractivity contribution in [2.75, 3.05) is 6.54 Å². The maximum Gasteiger partial charge on any atom is 0.234 e. The molecule has 0 saturated carbocycles. The normalized spacial score (nSPS) is 12.4. The number of carbonyl (C=O) groups excluding carboxylic acids is 1. The minimum Gasteiger partial charge on any atom is -0.353 e. The monoisotopic (exact) mass is 226 g/mol. The fraction of sp³-hybridized carbons (Fsp3) is 0.700. The fourth-order valence-corrected chi connectivity index (χ4v) is 1.39. The van der Waals surface area contributed by atoms with Crippen LogP contribution in [0.2, 0.25) is 0 Å². The van der Waals surface area contributed by atoms with Gasteiger partial charge in [0.1, 0.15) is 0 Å². The SMILES string of the molecule is CCCC(C)NC(=O)CNCc1ncon1. The number of nitrogens with one attached hydrogen (secondary N) is 2. The van der Waals surface area contributed by atoms with Gasteiger partial charge >= 0.3 is 0 Å². The van der Waals surface area contributed by atoms with E-state index in [2.05, 4.69) is 32.2 Å². The Morgan fingerprint density at radius 1 is 1.62 bits per heavy atom. The molecule has 1 aromatic rings. The largest absolute Gasteiger partial charge is 0.353 e.